The summed E-state index contributed by atoms with van der Waals surface area (Å²) in [5.74, 6) is 1.19. The Bertz CT molecular complexity index is 235. The first-order valence-corrected chi connectivity index (χ1v) is 5.89. The summed E-state index contributed by atoms with van der Waals surface area (Å²) >= 11 is 1.87. The summed E-state index contributed by atoms with van der Waals surface area (Å²) in [6.07, 6.45) is 7.19. The van der Waals surface area contributed by atoms with Crippen LogP contribution in [0.3, 0.4) is 0 Å². The van der Waals surface area contributed by atoms with E-state index in [1.165, 1.54) is 11.3 Å². The number of nitrogens with one attached hydrogen (secondary N) is 1. The zero-order valence-corrected chi connectivity index (χ0v) is 9.10. The zero-order chi connectivity index (χ0) is 9.52. The first-order chi connectivity index (χ1) is 6.33. The molecule has 0 bridgehead atoms. The summed E-state index contributed by atoms with van der Waals surface area (Å²) in [4.78, 5) is 0. The quantitative estimate of drug-likeness (QED) is 0.691. The number of nitrogens with zero attached hydrogens (tertiary/aromatic N) is 2. The first-order valence-electron chi connectivity index (χ1n) is 4.50. The minimum Gasteiger partial charge on any atom is -0.316 e. The van der Waals surface area contributed by atoms with E-state index in [1.54, 1.807) is 0 Å². The number of aromatic nitrogens is 2. The van der Waals surface area contributed by atoms with E-state index < -0.39 is 0 Å². The predicted octanol–water partition coefficient (Wildman–Crippen LogP) is 0.915. The second kappa shape index (κ2) is 6.05. The highest BCUT2D eigenvalue weighted by Gasteiger charge is 1.94. The van der Waals surface area contributed by atoms with E-state index in [9.17, 15) is 0 Å². The second-order valence-corrected chi connectivity index (χ2v) is 4.00. The molecule has 0 radical (unpaired) electrons. The molecular weight excluding hydrogens is 182 g/mol. The second-order valence-electron chi connectivity index (χ2n) is 3.02. The third-order valence-corrected chi connectivity index (χ3v) is 2.44. The van der Waals surface area contributed by atoms with Crippen LogP contribution in [0.2, 0.25) is 0 Å². The van der Waals surface area contributed by atoms with Gasteiger partial charge >= 0.3 is 0 Å². The fourth-order valence-electron chi connectivity index (χ4n) is 1.13. The van der Waals surface area contributed by atoms with E-state index in [2.05, 4.69) is 22.9 Å². The highest BCUT2D eigenvalue weighted by atomic mass is 32.2. The lowest BCUT2D eigenvalue weighted by Crippen LogP contribution is -2.19. The highest BCUT2D eigenvalue weighted by Crippen LogP contribution is 1.96. The Morgan fingerprint density at radius 1 is 1.54 bits per heavy atom. The molecule has 1 rings (SSSR count). The summed E-state index contributed by atoms with van der Waals surface area (Å²) in [6.45, 7) is 2.15. The Balaban J connectivity index is 2.06. The molecule has 1 heterocycles. The maximum absolute atomic E-state index is 4.12. The van der Waals surface area contributed by atoms with E-state index in [1.807, 2.05) is 29.7 Å². The van der Waals surface area contributed by atoms with E-state index >= 15 is 0 Å². The van der Waals surface area contributed by atoms with E-state index in [-0.39, 0.29) is 0 Å². The standard InChI is InChI=1S/C9H17N3S/c1-12-8-9(7-11-12)3-4-10-5-6-13-2/h7-8,10H,3-6H2,1-2H3. The Morgan fingerprint density at radius 2 is 2.38 bits per heavy atom. The van der Waals surface area contributed by atoms with Crippen molar-refractivity contribution in [3.8, 4) is 0 Å². The van der Waals surface area contributed by atoms with Crippen LogP contribution >= 0.6 is 11.8 Å². The lowest BCUT2D eigenvalue weighted by Gasteiger charge is -2.00. The number of hydrogen-bond acceptors (Lipinski definition) is 3. The van der Waals surface area contributed by atoms with Crippen molar-refractivity contribution in [1.29, 1.82) is 0 Å². The molecule has 13 heavy (non-hydrogen) atoms. The van der Waals surface area contributed by atoms with Crippen LogP contribution < -0.4 is 5.32 Å². The number of aryl methyl sites for hydroxylation is 1. The van der Waals surface area contributed by atoms with Gasteiger partial charge in [0.05, 0.1) is 6.20 Å². The minimum absolute atomic E-state index is 1.05. The predicted molar refractivity (Wildman–Crippen MR) is 58.2 cm³/mol. The summed E-state index contributed by atoms with van der Waals surface area (Å²) in [5, 5.41) is 7.50. The van der Waals surface area contributed by atoms with Crippen LogP contribution in [0.15, 0.2) is 12.4 Å². The van der Waals surface area contributed by atoms with Crippen LogP contribution in [0.5, 0.6) is 0 Å². The molecule has 0 spiro atoms. The summed E-state index contributed by atoms with van der Waals surface area (Å²) in [7, 11) is 1.95. The van der Waals surface area contributed by atoms with Crippen molar-refractivity contribution in [2.45, 2.75) is 6.42 Å². The monoisotopic (exact) mass is 199 g/mol. The summed E-state index contributed by atoms with van der Waals surface area (Å²) in [5.41, 5.74) is 1.30. The van der Waals surface area contributed by atoms with Crippen molar-refractivity contribution in [1.82, 2.24) is 15.1 Å². The van der Waals surface area contributed by atoms with Crippen LogP contribution in [-0.4, -0.2) is 34.9 Å². The number of thioether (sulfide) groups is 1. The highest BCUT2D eigenvalue weighted by molar-refractivity contribution is 7.98. The molecule has 0 saturated heterocycles. The maximum atomic E-state index is 4.12. The largest absolute Gasteiger partial charge is 0.316 e. The minimum atomic E-state index is 1.05. The average molecular weight is 199 g/mol. The van der Waals surface area contributed by atoms with Gasteiger partial charge in [-0.25, -0.2) is 0 Å². The third kappa shape index (κ3) is 4.33. The van der Waals surface area contributed by atoms with Crippen molar-refractivity contribution < 1.29 is 0 Å². The van der Waals surface area contributed by atoms with Crippen molar-refractivity contribution in [3.63, 3.8) is 0 Å². The SMILES string of the molecule is CSCCNCCc1cnn(C)c1. The first kappa shape index (κ1) is 10.6. The van der Waals surface area contributed by atoms with E-state index in [0.717, 1.165) is 19.5 Å². The molecule has 0 fully saturated rings. The van der Waals surface area contributed by atoms with Gasteiger partial charge in [0.2, 0.25) is 0 Å². The molecule has 0 aliphatic carbocycles. The van der Waals surface area contributed by atoms with Crippen LogP contribution in [0.25, 0.3) is 0 Å². The molecule has 0 saturated carbocycles. The van der Waals surface area contributed by atoms with Gasteiger partial charge in [-0.2, -0.15) is 16.9 Å². The van der Waals surface area contributed by atoms with Gasteiger partial charge in [-0.15, -0.1) is 0 Å². The lowest BCUT2D eigenvalue weighted by molar-refractivity contribution is 0.720. The topological polar surface area (TPSA) is 29.9 Å². The van der Waals surface area contributed by atoms with Gasteiger partial charge in [0.1, 0.15) is 0 Å². The molecule has 0 unspecified atom stereocenters. The Labute approximate surface area is 83.9 Å². The molecule has 0 aliphatic rings. The van der Waals surface area contributed by atoms with Crippen molar-refractivity contribution in [2.75, 3.05) is 25.1 Å². The molecule has 1 aromatic heterocycles. The van der Waals surface area contributed by atoms with E-state index in [0.29, 0.717) is 0 Å². The zero-order valence-electron chi connectivity index (χ0n) is 8.29. The van der Waals surface area contributed by atoms with Gasteiger partial charge in [-0.05, 0) is 24.8 Å². The molecule has 4 heteroatoms. The van der Waals surface area contributed by atoms with Gasteiger partial charge in [-0.1, -0.05) is 0 Å². The number of hydrogen-bond donors (Lipinski definition) is 1. The van der Waals surface area contributed by atoms with Crippen molar-refractivity contribution in [3.05, 3.63) is 18.0 Å². The van der Waals surface area contributed by atoms with Gasteiger partial charge in [0.25, 0.3) is 0 Å². The number of rotatable bonds is 6. The molecule has 0 aromatic carbocycles. The van der Waals surface area contributed by atoms with Crippen LogP contribution in [0.1, 0.15) is 5.56 Å². The Hall–Kier alpha value is -0.480. The summed E-state index contributed by atoms with van der Waals surface area (Å²) < 4.78 is 1.84. The van der Waals surface area contributed by atoms with Crippen LogP contribution in [-0.2, 0) is 13.5 Å². The van der Waals surface area contributed by atoms with Crippen molar-refractivity contribution in [2.24, 2.45) is 7.05 Å². The lowest BCUT2D eigenvalue weighted by atomic mass is 10.2. The molecular formula is C9H17N3S. The fourth-order valence-corrected chi connectivity index (χ4v) is 1.48. The molecule has 1 N–H and O–H groups in total. The van der Waals surface area contributed by atoms with Crippen LogP contribution in [0, 0.1) is 0 Å². The molecule has 0 aliphatic heterocycles. The van der Waals surface area contributed by atoms with Gasteiger partial charge < -0.3 is 5.32 Å². The Kier molecular flexibility index (Phi) is 4.93. The van der Waals surface area contributed by atoms with Gasteiger partial charge in [0.15, 0.2) is 0 Å². The Morgan fingerprint density at radius 3 is 3.00 bits per heavy atom. The smallest absolute Gasteiger partial charge is 0.0522 e. The maximum Gasteiger partial charge on any atom is 0.0522 e. The molecule has 0 atom stereocenters. The van der Waals surface area contributed by atoms with Gasteiger partial charge in [-0.3, -0.25) is 4.68 Å². The van der Waals surface area contributed by atoms with Crippen LogP contribution in [0.4, 0.5) is 0 Å². The van der Waals surface area contributed by atoms with E-state index in [4.69, 9.17) is 0 Å². The average Bonchev–Trinajstić information content (AvgIpc) is 2.51. The van der Waals surface area contributed by atoms with Gasteiger partial charge in [0, 0.05) is 25.5 Å². The molecule has 74 valence electrons. The molecule has 3 nitrogen and oxygen atoms in total. The molecule has 0 amide bonds. The van der Waals surface area contributed by atoms with Crippen molar-refractivity contribution >= 4 is 11.8 Å². The summed E-state index contributed by atoms with van der Waals surface area (Å²) in [6, 6.07) is 0. The normalized spacial score (nSPS) is 10.6. The fraction of sp³-hybridized carbons (Fsp3) is 0.667. The third-order valence-electron chi connectivity index (χ3n) is 1.83. The molecule has 1 aromatic rings.